The average molecular weight is 254 g/mol. The van der Waals surface area contributed by atoms with Gasteiger partial charge >= 0.3 is 0 Å². The highest BCUT2D eigenvalue weighted by Crippen LogP contribution is 2.18. The zero-order valence-electron chi connectivity index (χ0n) is 11.1. The van der Waals surface area contributed by atoms with E-state index in [1.54, 1.807) is 0 Å². The number of nitrogens with zero attached hydrogens (tertiary/aromatic N) is 1. The van der Waals surface area contributed by atoms with Crippen LogP contribution in [0.2, 0.25) is 0 Å². The summed E-state index contributed by atoms with van der Waals surface area (Å²) in [4.78, 5) is 7.71. The molecule has 0 aliphatic heterocycles. The minimum absolute atomic E-state index is 0.0220. The topological polar surface area (TPSA) is 37.9 Å². The predicted molar refractivity (Wildman–Crippen MR) is 72.6 cm³/mol. The largest absolute Gasteiger partial charge is 0.371 e. The van der Waals surface area contributed by atoms with Gasteiger partial charge in [-0.25, -0.2) is 4.98 Å². The van der Waals surface area contributed by atoms with Crippen molar-refractivity contribution in [1.29, 1.82) is 0 Å². The molecule has 1 aromatic heterocycles. The summed E-state index contributed by atoms with van der Waals surface area (Å²) in [5.41, 5.74) is 1.15. The fourth-order valence-electron chi connectivity index (χ4n) is 1.82. The molecule has 0 aliphatic carbocycles. The molecule has 0 radical (unpaired) electrons. The Kier molecular flexibility index (Phi) is 5.78. The van der Waals surface area contributed by atoms with Gasteiger partial charge in [-0.15, -0.1) is 0 Å². The van der Waals surface area contributed by atoms with Crippen LogP contribution in [0.15, 0.2) is 6.07 Å². The lowest BCUT2D eigenvalue weighted by Crippen LogP contribution is -2.10. The number of nitrogens with one attached hydrogen (secondary N) is 1. The first-order valence-corrected chi connectivity index (χ1v) is 6.69. The van der Waals surface area contributed by atoms with Gasteiger partial charge < -0.3 is 9.72 Å². The van der Waals surface area contributed by atoms with E-state index in [1.807, 2.05) is 13.0 Å². The van der Waals surface area contributed by atoms with Crippen molar-refractivity contribution in [1.82, 2.24) is 9.97 Å². The quantitative estimate of drug-likeness (QED) is 0.784. The smallest absolute Gasteiger partial charge is 0.137 e. The Labute approximate surface area is 109 Å². The third-order valence-corrected chi connectivity index (χ3v) is 2.70. The molecule has 1 aromatic rings. The zero-order chi connectivity index (χ0) is 12.8. The Bertz CT molecular complexity index is 401. The molecule has 0 saturated carbocycles. The highest BCUT2D eigenvalue weighted by atomic mass is 32.1. The summed E-state index contributed by atoms with van der Waals surface area (Å²) >= 11 is 5.20. The molecule has 1 heterocycles. The van der Waals surface area contributed by atoms with Crippen molar-refractivity contribution in [2.24, 2.45) is 5.92 Å². The molecule has 0 saturated heterocycles. The van der Waals surface area contributed by atoms with Gasteiger partial charge in [-0.1, -0.05) is 33.0 Å². The van der Waals surface area contributed by atoms with Crippen molar-refractivity contribution in [2.45, 2.75) is 46.6 Å². The van der Waals surface area contributed by atoms with Crippen LogP contribution in [0.4, 0.5) is 0 Å². The van der Waals surface area contributed by atoms with Crippen LogP contribution in [0.3, 0.4) is 0 Å². The van der Waals surface area contributed by atoms with Crippen molar-refractivity contribution < 1.29 is 4.74 Å². The van der Waals surface area contributed by atoms with Crippen LogP contribution in [0.5, 0.6) is 0 Å². The first-order chi connectivity index (χ1) is 8.06. The molecule has 0 fully saturated rings. The molecule has 1 unspecified atom stereocenters. The van der Waals surface area contributed by atoms with Crippen LogP contribution in [0.25, 0.3) is 0 Å². The highest BCUT2D eigenvalue weighted by Gasteiger charge is 2.12. The Balaban J connectivity index is 2.98. The van der Waals surface area contributed by atoms with E-state index in [-0.39, 0.29) is 6.10 Å². The maximum atomic E-state index is 5.65. The van der Waals surface area contributed by atoms with Gasteiger partial charge in [-0.05, 0) is 31.7 Å². The molecule has 1 rings (SSSR count). The van der Waals surface area contributed by atoms with Crippen LogP contribution < -0.4 is 0 Å². The third-order valence-electron chi connectivity index (χ3n) is 2.49. The van der Waals surface area contributed by atoms with Crippen molar-refractivity contribution >= 4 is 12.2 Å². The van der Waals surface area contributed by atoms with E-state index in [0.29, 0.717) is 17.2 Å². The molecule has 1 N–H and O–H groups in total. The molecule has 0 aromatic carbocycles. The van der Waals surface area contributed by atoms with Crippen molar-refractivity contribution in [3.63, 3.8) is 0 Å². The third kappa shape index (κ3) is 4.56. The fraction of sp³-hybridized carbons (Fsp3) is 0.692. The maximum Gasteiger partial charge on any atom is 0.137 e. The Morgan fingerprint density at radius 1 is 1.41 bits per heavy atom. The summed E-state index contributed by atoms with van der Waals surface area (Å²) in [6.45, 7) is 9.16. The standard InChI is InChI=1S/C13H22N2OS/c1-5-11(16-6-2)13-14-10(7-9(3)4)8-12(17)15-13/h8-9,11H,5-7H2,1-4H3,(H,14,15,17). The Morgan fingerprint density at radius 2 is 2.12 bits per heavy atom. The molecule has 17 heavy (non-hydrogen) atoms. The van der Waals surface area contributed by atoms with Crippen molar-refractivity contribution in [2.75, 3.05) is 6.61 Å². The number of ether oxygens (including phenoxy) is 1. The lowest BCUT2D eigenvalue weighted by Gasteiger charge is -2.16. The second-order valence-corrected chi connectivity index (χ2v) is 5.00. The summed E-state index contributed by atoms with van der Waals surface area (Å²) in [5, 5.41) is 0. The van der Waals surface area contributed by atoms with Crippen molar-refractivity contribution in [3.8, 4) is 0 Å². The van der Waals surface area contributed by atoms with Gasteiger partial charge in [0.05, 0.1) is 0 Å². The molecular formula is C13H22N2OS. The number of hydrogen-bond acceptors (Lipinski definition) is 3. The fourth-order valence-corrected chi connectivity index (χ4v) is 2.06. The van der Waals surface area contributed by atoms with Gasteiger partial charge in [0.2, 0.25) is 0 Å². The molecular weight excluding hydrogens is 232 g/mol. The van der Waals surface area contributed by atoms with Gasteiger partial charge in [0.25, 0.3) is 0 Å². The predicted octanol–water partition coefficient (Wildman–Crippen LogP) is 3.83. The summed E-state index contributed by atoms with van der Waals surface area (Å²) in [6, 6.07) is 1.94. The van der Waals surface area contributed by atoms with E-state index >= 15 is 0 Å². The number of aromatic amines is 1. The van der Waals surface area contributed by atoms with E-state index in [2.05, 4.69) is 30.7 Å². The first-order valence-electron chi connectivity index (χ1n) is 6.28. The molecule has 0 spiro atoms. The number of H-pyrrole nitrogens is 1. The lowest BCUT2D eigenvalue weighted by atomic mass is 10.1. The minimum atomic E-state index is 0.0220. The summed E-state index contributed by atoms with van der Waals surface area (Å²) in [5.74, 6) is 1.46. The Morgan fingerprint density at radius 3 is 2.65 bits per heavy atom. The molecule has 0 aliphatic rings. The monoisotopic (exact) mass is 254 g/mol. The molecule has 1 atom stereocenters. The van der Waals surface area contributed by atoms with Gasteiger partial charge in [0.15, 0.2) is 0 Å². The van der Waals surface area contributed by atoms with Crippen LogP contribution in [0.1, 0.15) is 51.7 Å². The SMILES string of the molecule is CCOC(CC)c1nc(=S)cc(CC(C)C)[nH]1. The normalized spacial score (nSPS) is 13.0. The van der Waals surface area contributed by atoms with Gasteiger partial charge in [-0.2, -0.15) is 0 Å². The van der Waals surface area contributed by atoms with E-state index in [1.165, 1.54) is 0 Å². The summed E-state index contributed by atoms with van der Waals surface area (Å²) < 4.78 is 6.30. The summed E-state index contributed by atoms with van der Waals surface area (Å²) in [6.07, 6.45) is 1.91. The van der Waals surface area contributed by atoms with Crippen molar-refractivity contribution in [3.05, 3.63) is 22.2 Å². The van der Waals surface area contributed by atoms with Gasteiger partial charge in [-0.3, -0.25) is 0 Å². The minimum Gasteiger partial charge on any atom is -0.371 e. The zero-order valence-corrected chi connectivity index (χ0v) is 11.9. The molecule has 96 valence electrons. The maximum absolute atomic E-state index is 5.65. The first kappa shape index (κ1) is 14.3. The van der Waals surface area contributed by atoms with Gasteiger partial charge in [0, 0.05) is 12.3 Å². The molecule has 0 bridgehead atoms. The molecule has 0 amide bonds. The Hall–Kier alpha value is -0.740. The van der Waals surface area contributed by atoms with Gasteiger partial charge in [0.1, 0.15) is 16.6 Å². The number of hydrogen-bond donors (Lipinski definition) is 1. The second kappa shape index (κ2) is 6.87. The van der Waals surface area contributed by atoms with E-state index in [4.69, 9.17) is 17.0 Å². The van der Waals surface area contributed by atoms with Crippen LogP contribution in [-0.4, -0.2) is 16.6 Å². The summed E-state index contributed by atoms with van der Waals surface area (Å²) in [7, 11) is 0. The highest BCUT2D eigenvalue weighted by molar-refractivity contribution is 7.71. The lowest BCUT2D eigenvalue weighted by molar-refractivity contribution is 0.0532. The van der Waals surface area contributed by atoms with E-state index in [9.17, 15) is 0 Å². The van der Waals surface area contributed by atoms with Crippen LogP contribution in [-0.2, 0) is 11.2 Å². The molecule has 4 heteroatoms. The average Bonchev–Trinajstić information content (AvgIpc) is 2.23. The second-order valence-electron chi connectivity index (χ2n) is 4.58. The van der Waals surface area contributed by atoms with E-state index < -0.39 is 0 Å². The number of aromatic nitrogens is 2. The van der Waals surface area contributed by atoms with Crippen LogP contribution in [0, 0.1) is 10.6 Å². The number of rotatable bonds is 6. The van der Waals surface area contributed by atoms with E-state index in [0.717, 1.165) is 24.4 Å². The van der Waals surface area contributed by atoms with Crippen LogP contribution >= 0.6 is 12.2 Å². The molecule has 3 nitrogen and oxygen atoms in total.